The molecule has 7 aromatic carbocycles. The zero-order valence-electron chi connectivity index (χ0n) is 22.9. The van der Waals surface area contributed by atoms with E-state index < -0.39 is 0 Å². The van der Waals surface area contributed by atoms with E-state index in [1.807, 2.05) is 0 Å². The van der Waals surface area contributed by atoms with Crippen molar-refractivity contribution in [3.63, 3.8) is 0 Å². The van der Waals surface area contributed by atoms with Crippen molar-refractivity contribution in [2.75, 3.05) is 0 Å². The zero-order chi connectivity index (χ0) is 27.6. The van der Waals surface area contributed by atoms with E-state index in [-0.39, 0.29) is 0 Å². The van der Waals surface area contributed by atoms with Gasteiger partial charge in [-0.05, 0) is 70.4 Å². The number of nitrogens with zero attached hydrogens (tertiary/aromatic N) is 2. The number of hydrogen-bond donors (Lipinski definition) is 0. The molecule has 0 bridgehead atoms. The summed E-state index contributed by atoms with van der Waals surface area (Å²) in [4.78, 5) is 0. The van der Waals surface area contributed by atoms with Crippen LogP contribution in [0, 0.1) is 0 Å². The van der Waals surface area contributed by atoms with E-state index in [4.69, 9.17) is 0 Å². The summed E-state index contributed by atoms with van der Waals surface area (Å²) in [5, 5.41) is 7.56. The highest BCUT2D eigenvalue weighted by Gasteiger charge is 2.17. The summed E-state index contributed by atoms with van der Waals surface area (Å²) in [6, 6.07) is 57.4. The number of para-hydroxylation sites is 4. The normalized spacial score (nSPS) is 11.8. The molecule has 9 rings (SSSR count). The van der Waals surface area contributed by atoms with E-state index in [0.717, 1.165) is 11.4 Å². The summed E-state index contributed by atoms with van der Waals surface area (Å²) in [7, 11) is 0. The third-order valence-corrected chi connectivity index (χ3v) is 8.66. The number of benzene rings is 7. The first kappa shape index (κ1) is 23.1. The topological polar surface area (TPSA) is 9.86 Å². The lowest BCUT2D eigenvalue weighted by molar-refractivity contribution is 1.13. The Morgan fingerprint density at radius 3 is 1.17 bits per heavy atom. The molecule has 42 heavy (non-hydrogen) atoms. The average Bonchev–Trinajstić information content (AvgIpc) is 3.58. The van der Waals surface area contributed by atoms with Crippen molar-refractivity contribution in [2.45, 2.75) is 0 Å². The molecule has 0 aliphatic heterocycles. The molecule has 2 heterocycles. The van der Waals surface area contributed by atoms with Crippen LogP contribution in [-0.4, -0.2) is 9.13 Å². The predicted octanol–water partition coefficient (Wildman–Crippen LogP) is 10.7. The lowest BCUT2D eigenvalue weighted by Crippen LogP contribution is -2.00. The van der Waals surface area contributed by atoms with Crippen molar-refractivity contribution < 1.29 is 0 Å². The fraction of sp³-hybridized carbons (Fsp3) is 0. The second kappa shape index (κ2) is 8.95. The molecule has 0 N–H and O–H groups in total. The second-order valence-corrected chi connectivity index (χ2v) is 11.0. The molecule has 0 saturated carbocycles. The Morgan fingerprint density at radius 1 is 0.286 bits per heavy atom. The molecule has 0 aliphatic carbocycles. The third kappa shape index (κ3) is 3.39. The molecule has 0 fully saturated rings. The lowest BCUT2D eigenvalue weighted by Gasteiger charge is -2.16. The minimum atomic E-state index is 1.15. The average molecular weight is 535 g/mol. The van der Waals surface area contributed by atoms with Crippen molar-refractivity contribution in [3.8, 4) is 22.5 Å². The highest BCUT2D eigenvalue weighted by atomic mass is 15.0. The molecule has 0 spiro atoms. The Bertz CT molecular complexity index is 2230. The van der Waals surface area contributed by atoms with Gasteiger partial charge in [-0.15, -0.1) is 0 Å². The Balaban J connectivity index is 1.41. The molecule has 9 aromatic rings. The largest absolute Gasteiger partial charge is 0.309 e. The standard InChI is InChI=1S/C40H26N2/c1-2-12-28-23-29(22-21-27(28)11-1)30-24-31(41-37-17-7-3-13-33(37)34-14-4-8-18-38(34)41)26-32(25-30)42-39-19-9-5-15-35(39)36-16-6-10-20-40(36)42/h1-26H. The van der Waals surface area contributed by atoms with Gasteiger partial charge in [0, 0.05) is 32.9 Å². The molecule has 0 saturated heterocycles. The molecule has 2 aromatic heterocycles. The van der Waals surface area contributed by atoms with Gasteiger partial charge in [-0.1, -0.05) is 109 Å². The molecule has 0 unspecified atom stereocenters. The van der Waals surface area contributed by atoms with Crippen LogP contribution in [0.4, 0.5) is 0 Å². The summed E-state index contributed by atoms with van der Waals surface area (Å²) < 4.78 is 4.85. The number of aromatic nitrogens is 2. The maximum absolute atomic E-state index is 2.42. The Labute approximate surface area is 243 Å². The predicted molar refractivity (Wildman–Crippen MR) is 178 cm³/mol. The van der Waals surface area contributed by atoms with Gasteiger partial charge < -0.3 is 9.13 Å². The van der Waals surface area contributed by atoms with Crippen LogP contribution in [0.15, 0.2) is 158 Å². The van der Waals surface area contributed by atoms with Gasteiger partial charge in [0.15, 0.2) is 0 Å². The van der Waals surface area contributed by atoms with Crippen LogP contribution in [0.25, 0.3) is 76.9 Å². The quantitative estimate of drug-likeness (QED) is 0.213. The Morgan fingerprint density at radius 2 is 0.690 bits per heavy atom. The van der Waals surface area contributed by atoms with Crippen LogP contribution < -0.4 is 0 Å². The summed E-state index contributed by atoms with van der Waals surface area (Å²) in [6.07, 6.45) is 0. The van der Waals surface area contributed by atoms with Gasteiger partial charge in [-0.3, -0.25) is 0 Å². The fourth-order valence-electron chi connectivity index (χ4n) is 6.79. The van der Waals surface area contributed by atoms with Gasteiger partial charge in [0.1, 0.15) is 0 Å². The van der Waals surface area contributed by atoms with E-state index in [1.165, 1.54) is 65.5 Å². The lowest BCUT2D eigenvalue weighted by atomic mass is 10.00. The van der Waals surface area contributed by atoms with Crippen LogP contribution in [-0.2, 0) is 0 Å². The smallest absolute Gasteiger partial charge is 0.0541 e. The van der Waals surface area contributed by atoms with E-state index in [0.29, 0.717) is 0 Å². The van der Waals surface area contributed by atoms with E-state index in [2.05, 4.69) is 167 Å². The van der Waals surface area contributed by atoms with Crippen molar-refractivity contribution >= 4 is 54.4 Å². The van der Waals surface area contributed by atoms with Gasteiger partial charge in [0.05, 0.1) is 22.1 Å². The molecule has 2 heteroatoms. The van der Waals surface area contributed by atoms with E-state index >= 15 is 0 Å². The second-order valence-electron chi connectivity index (χ2n) is 11.0. The molecular weight excluding hydrogens is 508 g/mol. The molecule has 0 atom stereocenters. The number of rotatable bonds is 3. The number of hydrogen-bond acceptors (Lipinski definition) is 0. The monoisotopic (exact) mass is 534 g/mol. The van der Waals surface area contributed by atoms with Crippen molar-refractivity contribution in [1.82, 2.24) is 9.13 Å². The van der Waals surface area contributed by atoms with Gasteiger partial charge in [-0.2, -0.15) is 0 Å². The van der Waals surface area contributed by atoms with Crippen LogP contribution in [0.1, 0.15) is 0 Å². The first-order valence-corrected chi connectivity index (χ1v) is 14.4. The fourth-order valence-corrected chi connectivity index (χ4v) is 6.79. The van der Waals surface area contributed by atoms with Crippen molar-refractivity contribution in [1.29, 1.82) is 0 Å². The van der Waals surface area contributed by atoms with Crippen LogP contribution >= 0.6 is 0 Å². The maximum atomic E-state index is 2.42. The highest BCUT2D eigenvalue weighted by Crippen LogP contribution is 2.38. The van der Waals surface area contributed by atoms with Crippen LogP contribution in [0.5, 0.6) is 0 Å². The van der Waals surface area contributed by atoms with Gasteiger partial charge in [0.25, 0.3) is 0 Å². The van der Waals surface area contributed by atoms with Crippen LogP contribution in [0.3, 0.4) is 0 Å². The van der Waals surface area contributed by atoms with Gasteiger partial charge >= 0.3 is 0 Å². The van der Waals surface area contributed by atoms with Gasteiger partial charge in [0.2, 0.25) is 0 Å². The van der Waals surface area contributed by atoms with E-state index in [9.17, 15) is 0 Å². The minimum absolute atomic E-state index is 1.15. The molecule has 196 valence electrons. The highest BCUT2D eigenvalue weighted by molar-refractivity contribution is 6.10. The van der Waals surface area contributed by atoms with Gasteiger partial charge in [-0.25, -0.2) is 0 Å². The zero-order valence-corrected chi connectivity index (χ0v) is 22.9. The van der Waals surface area contributed by atoms with Crippen molar-refractivity contribution in [3.05, 3.63) is 158 Å². The molecule has 0 aliphatic rings. The molecule has 0 amide bonds. The summed E-state index contributed by atoms with van der Waals surface area (Å²) in [5.74, 6) is 0. The van der Waals surface area contributed by atoms with E-state index in [1.54, 1.807) is 0 Å². The maximum Gasteiger partial charge on any atom is 0.0541 e. The summed E-state index contributed by atoms with van der Waals surface area (Å²) in [5.41, 5.74) is 9.54. The number of fused-ring (bicyclic) bond motifs is 7. The first-order valence-electron chi connectivity index (χ1n) is 14.4. The van der Waals surface area contributed by atoms with Crippen molar-refractivity contribution in [2.24, 2.45) is 0 Å². The summed E-state index contributed by atoms with van der Waals surface area (Å²) in [6.45, 7) is 0. The minimum Gasteiger partial charge on any atom is -0.309 e. The summed E-state index contributed by atoms with van der Waals surface area (Å²) >= 11 is 0. The molecule has 2 nitrogen and oxygen atoms in total. The molecule has 0 radical (unpaired) electrons. The Kier molecular flexibility index (Phi) is 4.93. The SMILES string of the molecule is c1ccc2cc(-c3cc(-n4c5ccccc5c5ccccc54)cc(-n4c5ccccc5c5ccccc54)c3)ccc2c1. The first-order chi connectivity index (χ1) is 20.8. The molecular formula is C40H26N2. The third-order valence-electron chi connectivity index (χ3n) is 8.66. The Hall–Kier alpha value is -5.60. The van der Waals surface area contributed by atoms with Crippen LogP contribution in [0.2, 0.25) is 0 Å².